The van der Waals surface area contributed by atoms with Gasteiger partial charge in [-0.2, -0.15) is 11.3 Å². The monoisotopic (exact) mass is 356 g/mol. The van der Waals surface area contributed by atoms with Crippen LogP contribution in [0.25, 0.3) is 0 Å². The summed E-state index contributed by atoms with van der Waals surface area (Å²) in [5, 5.41) is 11.3. The van der Waals surface area contributed by atoms with E-state index in [0.29, 0.717) is 12.1 Å². The van der Waals surface area contributed by atoms with Crippen molar-refractivity contribution in [3.05, 3.63) is 58.3 Å². The fraction of sp³-hybridized carbons (Fsp3) is 0.450. The van der Waals surface area contributed by atoms with Gasteiger partial charge in [0.15, 0.2) is 5.96 Å². The number of benzene rings is 1. The van der Waals surface area contributed by atoms with E-state index in [2.05, 4.69) is 76.5 Å². The minimum Gasteiger partial charge on any atom is -0.357 e. The number of rotatable bonds is 6. The molecule has 0 radical (unpaired) electrons. The first-order valence-corrected chi connectivity index (χ1v) is 10.0. The number of aliphatic imine (C=N–C) groups is 1. The topological polar surface area (TPSA) is 39.7 Å². The zero-order chi connectivity index (χ0) is 17.5. The molecule has 5 heteroatoms. The standard InChI is InChI=1S/C20H28N4S/c1-3-21-20(22-12-18-9-10-25-15-18)23-19-11-16(2)24(14-19)13-17-7-5-4-6-8-17/h4-10,15-16,19H,3,11-14H2,1-2H3,(H2,21,22,23). The summed E-state index contributed by atoms with van der Waals surface area (Å²) in [7, 11) is 0. The first kappa shape index (κ1) is 18.0. The Morgan fingerprint density at radius 3 is 2.80 bits per heavy atom. The molecule has 4 nitrogen and oxygen atoms in total. The summed E-state index contributed by atoms with van der Waals surface area (Å²) in [5.74, 6) is 0.924. The summed E-state index contributed by atoms with van der Waals surface area (Å²) >= 11 is 1.72. The number of hydrogen-bond donors (Lipinski definition) is 2. The predicted octanol–water partition coefficient (Wildman–Crippen LogP) is 3.47. The minimum atomic E-state index is 0.444. The van der Waals surface area contributed by atoms with E-state index >= 15 is 0 Å². The molecule has 1 aromatic heterocycles. The predicted molar refractivity (Wildman–Crippen MR) is 107 cm³/mol. The zero-order valence-electron chi connectivity index (χ0n) is 15.1. The van der Waals surface area contributed by atoms with E-state index in [9.17, 15) is 0 Å². The van der Waals surface area contributed by atoms with Crippen LogP contribution < -0.4 is 10.6 Å². The van der Waals surface area contributed by atoms with Gasteiger partial charge < -0.3 is 10.6 Å². The van der Waals surface area contributed by atoms with E-state index in [0.717, 1.165) is 38.6 Å². The summed E-state index contributed by atoms with van der Waals surface area (Å²) in [6.07, 6.45) is 1.15. The fourth-order valence-corrected chi connectivity index (χ4v) is 3.97. The van der Waals surface area contributed by atoms with Crippen LogP contribution in [0, 0.1) is 0 Å². The Labute approximate surface area is 155 Å². The first-order valence-electron chi connectivity index (χ1n) is 9.08. The van der Waals surface area contributed by atoms with Crippen LogP contribution in [0.5, 0.6) is 0 Å². The molecule has 1 fully saturated rings. The van der Waals surface area contributed by atoms with Crippen LogP contribution in [0.15, 0.2) is 52.2 Å². The minimum absolute atomic E-state index is 0.444. The summed E-state index contributed by atoms with van der Waals surface area (Å²) in [4.78, 5) is 7.29. The molecule has 25 heavy (non-hydrogen) atoms. The zero-order valence-corrected chi connectivity index (χ0v) is 15.9. The van der Waals surface area contributed by atoms with Gasteiger partial charge in [-0.05, 0) is 48.2 Å². The summed E-state index contributed by atoms with van der Waals surface area (Å²) in [5.41, 5.74) is 2.65. The lowest BCUT2D eigenvalue weighted by Gasteiger charge is -2.21. The van der Waals surface area contributed by atoms with Crippen LogP contribution in [0.3, 0.4) is 0 Å². The van der Waals surface area contributed by atoms with Crippen LogP contribution in [0.1, 0.15) is 31.4 Å². The normalized spacial score (nSPS) is 21.4. The molecule has 3 rings (SSSR count). The van der Waals surface area contributed by atoms with Gasteiger partial charge in [0.25, 0.3) is 0 Å². The number of nitrogens with zero attached hydrogens (tertiary/aromatic N) is 2. The Bertz CT molecular complexity index is 654. The number of nitrogens with one attached hydrogen (secondary N) is 2. The van der Waals surface area contributed by atoms with Gasteiger partial charge in [-0.3, -0.25) is 4.90 Å². The second-order valence-electron chi connectivity index (χ2n) is 6.67. The van der Waals surface area contributed by atoms with Crippen molar-refractivity contribution in [2.75, 3.05) is 13.1 Å². The third-order valence-electron chi connectivity index (χ3n) is 4.62. The molecule has 0 bridgehead atoms. The highest BCUT2D eigenvalue weighted by Crippen LogP contribution is 2.20. The highest BCUT2D eigenvalue weighted by Gasteiger charge is 2.29. The Hall–Kier alpha value is -1.85. The van der Waals surface area contributed by atoms with Crippen LogP contribution in [0.4, 0.5) is 0 Å². The van der Waals surface area contributed by atoms with E-state index in [-0.39, 0.29) is 0 Å². The molecule has 1 saturated heterocycles. The third kappa shape index (κ3) is 5.31. The lowest BCUT2D eigenvalue weighted by Crippen LogP contribution is -2.44. The van der Waals surface area contributed by atoms with E-state index in [1.807, 2.05) is 0 Å². The van der Waals surface area contributed by atoms with Crippen LogP contribution in [0.2, 0.25) is 0 Å². The Morgan fingerprint density at radius 2 is 2.08 bits per heavy atom. The summed E-state index contributed by atoms with van der Waals surface area (Å²) < 4.78 is 0. The highest BCUT2D eigenvalue weighted by molar-refractivity contribution is 7.07. The smallest absolute Gasteiger partial charge is 0.191 e. The number of guanidine groups is 1. The molecule has 2 heterocycles. The van der Waals surface area contributed by atoms with E-state index in [1.54, 1.807) is 11.3 Å². The number of likely N-dealkylation sites (tertiary alicyclic amines) is 1. The van der Waals surface area contributed by atoms with E-state index < -0.39 is 0 Å². The lowest BCUT2D eigenvalue weighted by molar-refractivity contribution is 0.258. The molecule has 1 aliphatic heterocycles. The maximum Gasteiger partial charge on any atom is 0.191 e. The quantitative estimate of drug-likeness (QED) is 0.615. The molecule has 134 valence electrons. The molecule has 2 unspecified atom stereocenters. The van der Waals surface area contributed by atoms with Gasteiger partial charge in [-0.25, -0.2) is 4.99 Å². The van der Waals surface area contributed by atoms with Crippen molar-refractivity contribution in [3.63, 3.8) is 0 Å². The van der Waals surface area contributed by atoms with Crippen molar-refractivity contribution < 1.29 is 0 Å². The Kier molecular flexibility index (Phi) is 6.48. The van der Waals surface area contributed by atoms with Gasteiger partial charge in [-0.1, -0.05) is 30.3 Å². The number of thiophene rings is 1. The van der Waals surface area contributed by atoms with Crippen LogP contribution in [-0.2, 0) is 13.1 Å². The van der Waals surface area contributed by atoms with Crippen molar-refractivity contribution >= 4 is 17.3 Å². The maximum atomic E-state index is 4.74. The van der Waals surface area contributed by atoms with E-state index in [4.69, 9.17) is 4.99 Å². The average molecular weight is 357 g/mol. The van der Waals surface area contributed by atoms with Gasteiger partial charge in [0.2, 0.25) is 0 Å². The molecule has 1 aromatic carbocycles. The van der Waals surface area contributed by atoms with Gasteiger partial charge >= 0.3 is 0 Å². The second kappa shape index (κ2) is 9.02. The van der Waals surface area contributed by atoms with Crippen LogP contribution >= 0.6 is 11.3 Å². The summed E-state index contributed by atoms with van der Waals surface area (Å²) in [6, 6.07) is 13.9. The molecule has 1 aliphatic rings. The second-order valence-corrected chi connectivity index (χ2v) is 7.45. The fourth-order valence-electron chi connectivity index (χ4n) is 3.31. The molecule has 2 N–H and O–H groups in total. The van der Waals surface area contributed by atoms with Gasteiger partial charge in [0.1, 0.15) is 0 Å². The molecule has 2 atom stereocenters. The van der Waals surface area contributed by atoms with E-state index in [1.165, 1.54) is 11.1 Å². The molecule has 0 spiro atoms. The van der Waals surface area contributed by atoms with Gasteiger partial charge in [0.05, 0.1) is 6.54 Å². The molecular formula is C20H28N4S. The molecule has 0 amide bonds. The average Bonchev–Trinajstić information content (AvgIpc) is 3.24. The Morgan fingerprint density at radius 1 is 1.24 bits per heavy atom. The Balaban J connectivity index is 1.56. The van der Waals surface area contributed by atoms with Crippen molar-refractivity contribution in [2.24, 2.45) is 4.99 Å². The maximum absolute atomic E-state index is 4.74. The lowest BCUT2D eigenvalue weighted by atomic mass is 10.2. The molecule has 0 aliphatic carbocycles. The number of hydrogen-bond acceptors (Lipinski definition) is 3. The van der Waals surface area contributed by atoms with Crippen molar-refractivity contribution in [1.82, 2.24) is 15.5 Å². The summed E-state index contributed by atoms with van der Waals surface area (Å²) in [6.45, 7) is 8.11. The van der Waals surface area contributed by atoms with Crippen molar-refractivity contribution in [3.8, 4) is 0 Å². The SMILES string of the molecule is CCNC(=NCc1ccsc1)NC1CC(C)N(Cc2ccccc2)C1. The molecule has 2 aromatic rings. The van der Waals surface area contributed by atoms with Crippen molar-refractivity contribution in [1.29, 1.82) is 0 Å². The highest BCUT2D eigenvalue weighted by atomic mass is 32.1. The van der Waals surface area contributed by atoms with Gasteiger partial charge in [0, 0.05) is 31.7 Å². The van der Waals surface area contributed by atoms with Gasteiger partial charge in [-0.15, -0.1) is 0 Å². The van der Waals surface area contributed by atoms with Crippen LogP contribution in [-0.4, -0.2) is 36.0 Å². The first-order chi connectivity index (χ1) is 12.2. The largest absolute Gasteiger partial charge is 0.357 e. The van der Waals surface area contributed by atoms with Crippen molar-refractivity contribution in [2.45, 2.75) is 45.4 Å². The molecule has 0 saturated carbocycles. The molecular weight excluding hydrogens is 328 g/mol. The third-order valence-corrected chi connectivity index (χ3v) is 5.35.